The number of aliphatic carboxylic acids is 1. The Hall–Kier alpha value is -3.17. The first-order chi connectivity index (χ1) is 18.5. The maximum Gasteiger partial charge on any atom is 0.311 e. The molecule has 2 N–H and O–H groups in total. The number of carbonyl (C=O) groups is 2. The molecule has 1 aliphatic carbocycles. The molecule has 0 spiro atoms. The van der Waals surface area contributed by atoms with Crippen molar-refractivity contribution in [1.29, 1.82) is 0 Å². The van der Waals surface area contributed by atoms with Gasteiger partial charge >= 0.3 is 5.97 Å². The zero-order chi connectivity index (χ0) is 28.3. The first kappa shape index (κ1) is 28.8. The molecule has 210 valence electrons. The van der Waals surface area contributed by atoms with E-state index in [4.69, 9.17) is 4.74 Å². The number of carboxylic acid groups (broad SMARTS) is 1. The molecule has 0 radical (unpaired) electrons. The summed E-state index contributed by atoms with van der Waals surface area (Å²) in [6.45, 7) is 3.94. The summed E-state index contributed by atoms with van der Waals surface area (Å²) in [6, 6.07) is 13.1. The monoisotopic (exact) mass is 553 g/mol. The molecule has 8 nitrogen and oxygen atoms in total. The first-order valence-corrected chi connectivity index (χ1v) is 14.6. The Morgan fingerprint density at radius 3 is 2.54 bits per heavy atom. The molecule has 1 heterocycles. The Bertz CT molecular complexity index is 1380. The average molecular weight is 554 g/mol. The summed E-state index contributed by atoms with van der Waals surface area (Å²) >= 11 is -1.65. The quantitative estimate of drug-likeness (QED) is 0.347. The van der Waals surface area contributed by atoms with Crippen LogP contribution in [0, 0.1) is 5.41 Å². The molecule has 9 heteroatoms. The minimum absolute atomic E-state index is 0.221. The predicted molar refractivity (Wildman–Crippen MR) is 154 cm³/mol. The fraction of sp³-hybridized carbons (Fsp3) is 0.467. The van der Waals surface area contributed by atoms with Crippen molar-refractivity contribution in [3.8, 4) is 5.75 Å². The molecule has 39 heavy (non-hydrogen) atoms. The summed E-state index contributed by atoms with van der Waals surface area (Å²) in [5.74, 6) is -0.579. The molecule has 1 amide bonds. The van der Waals surface area contributed by atoms with Gasteiger partial charge in [-0.25, -0.2) is 8.51 Å². The SMILES string of the molecule is COc1cccc(C(C)C(C)(Cn2cc(C3CCCCC3)c3ccc(C(=O)NS(=O)N(C)C)cc32)C(=O)O)c1. The third-order valence-electron chi connectivity index (χ3n) is 8.27. The standard InChI is InChI=1S/C30H39N3O5S/c1-20(22-12-9-13-24(16-22)38-5)30(2,29(35)36)19-33-18-26(21-10-7-6-8-11-21)25-15-14-23(17-27(25)33)28(34)31-39(37)32(3)4/h9,12-18,20-21H,6-8,10-11,19H2,1-5H3,(H,31,34)(H,35,36). The molecule has 1 fully saturated rings. The third kappa shape index (κ3) is 6.04. The van der Waals surface area contributed by atoms with E-state index in [0.29, 0.717) is 17.2 Å². The van der Waals surface area contributed by atoms with Crippen LogP contribution >= 0.6 is 0 Å². The second kappa shape index (κ2) is 11.9. The number of nitrogens with one attached hydrogen (secondary N) is 1. The number of rotatable bonds is 10. The van der Waals surface area contributed by atoms with Crippen LogP contribution in [0.5, 0.6) is 5.75 Å². The summed E-state index contributed by atoms with van der Waals surface area (Å²) in [7, 11) is 4.84. The van der Waals surface area contributed by atoms with Crippen LogP contribution in [0.3, 0.4) is 0 Å². The van der Waals surface area contributed by atoms with Crippen LogP contribution in [0.4, 0.5) is 0 Å². The van der Waals surface area contributed by atoms with Gasteiger partial charge in [0.15, 0.2) is 11.2 Å². The van der Waals surface area contributed by atoms with Crippen LogP contribution in [-0.2, 0) is 22.5 Å². The Morgan fingerprint density at radius 1 is 1.18 bits per heavy atom. The molecule has 3 atom stereocenters. The molecule has 3 aromatic rings. The maximum absolute atomic E-state index is 12.9. The van der Waals surface area contributed by atoms with Gasteiger partial charge in [0.05, 0.1) is 12.5 Å². The fourth-order valence-corrected chi connectivity index (χ4v) is 6.04. The van der Waals surface area contributed by atoms with Gasteiger partial charge in [0.25, 0.3) is 5.91 Å². The van der Waals surface area contributed by atoms with Crippen LogP contribution in [0.2, 0.25) is 0 Å². The van der Waals surface area contributed by atoms with E-state index in [1.54, 1.807) is 40.3 Å². The number of carbonyl (C=O) groups excluding carboxylic acids is 1. The summed E-state index contributed by atoms with van der Waals surface area (Å²) in [5.41, 5.74) is 2.13. The topological polar surface area (TPSA) is 101 Å². The van der Waals surface area contributed by atoms with Gasteiger partial charge in [-0.05, 0) is 67.0 Å². The second-order valence-corrected chi connectivity index (χ2v) is 12.4. The van der Waals surface area contributed by atoms with E-state index >= 15 is 0 Å². The number of amides is 1. The Kier molecular flexibility index (Phi) is 8.81. The minimum Gasteiger partial charge on any atom is -0.497 e. The highest BCUT2D eigenvalue weighted by Gasteiger charge is 2.41. The molecule has 1 aromatic heterocycles. The van der Waals surface area contributed by atoms with Crippen molar-refractivity contribution in [3.63, 3.8) is 0 Å². The lowest BCUT2D eigenvalue weighted by Crippen LogP contribution is -2.37. The molecule has 4 rings (SSSR count). The minimum atomic E-state index is -1.65. The van der Waals surface area contributed by atoms with E-state index in [-0.39, 0.29) is 12.5 Å². The van der Waals surface area contributed by atoms with Gasteiger partial charge in [0, 0.05) is 43.3 Å². The van der Waals surface area contributed by atoms with Crippen LogP contribution in [-0.4, -0.2) is 51.3 Å². The van der Waals surface area contributed by atoms with Crippen molar-refractivity contribution in [3.05, 3.63) is 65.4 Å². The first-order valence-electron chi connectivity index (χ1n) is 13.5. The zero-order valence-electron chi connectivity index (χ0n) is 23.4. The van der Waals surface area contributed by atoms with Crippen molar-refractivity contribution in [1.82, 2.24) is 13.6 Å². The number of hydrogen-bond acceptors (Lipinski definition) is 4. The lowest BCUT2D eigenvalue weighted by Gasteiger charge is -2.33. The molecule has 1 aliphatic rings. The van der Waals surface area contributed by atoms with Gasteiger partial charge in [-0.2, -0.15) is 0 Å². The normalized spacial score (nSPS) is 17.5. The third-order valence-corrected chi connectivity index (χ3v) is 9.29. The van der Waals surface area contributed by atoms with Gasteiger partial charge in [-0.3, -0.25) is 14.3 Å². The molecule has 1 saturated carbocycles. The van der Waals surface area contributed by atoms with Crippen molar-refractivity contribution >= 4 is 34.0 Å². The predicted octanol–water partition coefficient (Wildman–Crippen LogP) is 5.46. The van der Waals surface area contributed by atoms with E-state index in [1.165, 1.54) is 29.1 Å². The van der Waals surface area contributed by atoms with Crippen molar-refractivity contribution < 1.29 is 23.6 Å². The van der Waals surface area contributed by atoms with Gasteiger partial charge in [-0.1, -0.05) is 44.4 Å². The smallest absolute Gasteiger partial charge is 0.311 e. The average Bonchev–Trinajstić information content (AvgIpc) is 3.30. The van der Waals surface area contributed by atoms with Gasteiger partial charge in [-0.15, -0.1) is 0 Å². The Morgan fingerprint density at radius 2 is 1.90 bits per heavy atom. The van der Waals surface area contributed by atoms with Crippen LogP contribution < -0.4 is 9.46 Å². The molecular weight excluding hydrogens is 514 g/mol. The highest BCUT2D eigenvalue weighted by atomic mass is 32.2. The molecule has 3 unspecified atom stereocenters. The van der Waals surface area contributed by atoms with Gasteiger partial charge in [0.1, 0.15) is 5.75 Å². The van der Waals surface area contributed by atoms with Crippen LogP contribution in [0.1, 0.15) is 79.3 Å². The molecule has 0 saturated heterocycles. The molecule has 0 aliphatic heterocycles. The highest BCUT2D eigenvalue weighted by molar-refractivity contribution is 7.81. The molecule has 2 aromatic carbocycles. The number of benzene rings is 2. The van der Waals surface area contributed by atoms with Crippen LogP contribution in [0.25, 0.3) is 10.9 Å². The lowest BCUT2D eigenvalue weighted by atomic mass is 9.74. The second-order valence-electron chi connectivity index (χ2n) is 11.0. The summed E-state index contributed by atoms with van der Waals surface area (Å²) < 4.78 is 23.5. The van der Waals surface area contributed by atoms with E-state index in [9.17, 15) is 18.9 Å². The summed E-state index contributed by atoms with van der Waals surface area (Å²) in [4.78, 5) is 25.8. The Labute approximate surface area is 233 Å². The van der Waals surface area contributed by atoms with Crippen molar-refractivity contribution in [2.24, 2.45) is 5.41 Å². The largest absolute Gasteiger partial charge is 0.497 e. The van der Waals surface area contributed by atoms with E-state index in [0.717, 1.165) is 29.3 Å². The molecular formula is C30H39N3O5S. The van der Waals surface area contributed by atoms with Gasteiger partial charge in [0.2, 0.25) is 0 Å². The number of ether oxygens (including phenoxy) is 1. The lowest BCUT2D eigenvalue weighted by molar-refractivity contribution is -0.150. The number of fused-ring (bicyclic) bond motifs is 1. The van der Waals surface area contributed by atoms with Gasteiger partial charge < -0.3 is 14.4 Å². The van der Waals surface area contributed by atoms with E-state index < -0.39 is 28.5 Å². The number of nitrogens with zero attached hydrogens (tertiary/aromatic N) is 2. The summed E-state index contributed by atoms with van der Waals surface area (Å²) in [5, 5.41) is 11.6. The zero-order valence-corrected chi connectivity index (χ0v) is 24.2. The van der Waals surface area contributed by atoms with E-state index in [1.807, 2.05) is 41.8 Å². The number of hydrogen-bond donors (Lipinski definition) is 2. The highest BCUT2D eigenvalue weighted by Crippen LogP contribution is 2.42. The van der Waals surface area contributed by atoms with Crippen molar-refractivity contribution in [2.45, 2.75) is 64.3 Å². The summed E-state index contributed by atoms with van der Waals surface area (Å²) in [6.07, 6.45) is 7.87. The van der Waals surface area contributed by atoms with Crippen LogP contribution in [0.15, 0.2) is 48.7 Å². The number of aromatic nitrogens is 1. The maximum atomic E-state index is 12.9. The molecule has 0 bridgehead atoms. The number of carboxylic acids is 1. The van der Waals surface area contributed by atoms with E-state index in [2.05, 4.69) is 10.9 Å². The fourth-order valence-electron chi connectivity index (χ4n) is 5.58. The number of methoxy groups -OCH3 is 1. The van der Waals surface area contributed by atoms with Crippen molar-refractivity contribution in [2.75, 3.05) is 21.2 Å². The Balaban J connectivity index is 1.79.